The minimum Gasteiger partial charge on any atom is -0.311 e. The van der Waals surface area contributed by atoms with Gasteiger partial charge in [-0.1, -0.05) is 49.2 Å². The number of likely N-dealkylation sites (N-methyl/N-ethyl adjacent to an activating group) is 1. The molecule has 0 aromatic heterocycles. The molecule has 1 amide bonds. The van der Waals surface area contributed by atoms with E-state index < -0.39 is 0 Å². The summed E-state index contributed by atoms with van der Waals surface area (Å²) in [5.41, 5.74) is 4.80. The van der Waals surface area contributed by atoms with E-state index in [1.807, 2.05) is 63.2 Å². The molecular weight excluding hydrogens is 294 g/mol. The third-order valence-electron chi connectivity index (χ3n) is 3.52. The van der Waals surface area contributed by atoms with Crippen LogP contribution >= 0.6 is 11.6 Å². The molecule has 3 rings (SSSR count). The van der Waals surface area contributed by atoms with Crippen LogP contribution in [0.2, 0.25) is 5.02 Å². The predicted octanol–water partition coefficient (Wildman–Crippen LogP) is 5.19. The van der Waals surface area contributed by atoms with E-state index in [0.717, 1.165) is 28.0 Å². The van der Waals surface area contributed by atoms with Gasteiger partial charge in [-0.25, -0.2) is 0 Å². The molecule has 22 heavy (non-hydrogen) atoms. The number of carbonyl (C=O) groups is 1. The first-order valence-corrected chi connectivity index (χ1v) is 7.80. The number of anilines is 1. The van der Waals surface area contributed by atoms with Gasteiger partial charge >= 0.3 is 0 Å². The molecule has 2 aromatic rings. The lowest BCUT2D eigenvalue weighted by atomic mass is 10.0. The fourth-order valence-corrected chi connectivity index (χ4v) is 2.55. The molecule has 1 heterocycles. The van der Waals surface area contributed by atoms with Gasteiger partial charge in [0, 0.05) is 23.2 Å². The number of hydrogen-bond donors (Lipinski definition) is 0. The van der Waals surface area contributed by atoms with Gasteiger partial charge in [0.2, 0.25) is 0 Å². The van der Waals surface area contributed by atoms with Crippen LogP contribution < -0.4 is 4.90 Å². The average Bonchev–Trinajstić information content (AvgIpc) is 2.76. The summed E-state index contributed by atoms with van der Waals surface area (Å²) in [7, 11) is 1.80. The average molecular weight is 314 g/mol. The second-order valence-electron chi connectivity index (χ2n) is 4.99. The summed E-state index contributed by atoms with van der Waals surface area (Å²) in [5.74, 6) is 0.0283. The number of hydrogen-bond acceptors (Lipinski definition) is 1. The zero-order chi connectivity index (χ0) is 16.3. The quantitative estimate of drug-likeness (QED) is 0.663. The van der Waals surface area contributed by atoms with Gasteiger partial charge in [0.1, 0.15) is 0 Å². The molecule has 1 aliphatic heterocycles. The van der Waals surface area contributed by atoms with E-state index in [1.165, 1.54) is 0 Å². The van der Waals surface area contributed by atoms with Crippen LogP contribution in [0.3, 0.4) is 0 Å². The Hall–Kier alpha value is -2.06. The van der Waals surface area contributed by atoms with Crippen molar-refractivity contribution in [2.75, 3.05) is 11.9 Å². The number of nitrogens with zero attached hydrogens (tertiary/aromatic N) is 1. The first kappa shape index (κ1) is 16.3. The molecule has 0 unspecified atom stereocenters. The Bertz CT molecular complexity index is 717. The third-order valence-corrected chi connectivity index (χ3v) is 3.77. The SMILES string of the molecule is CC.Cc1ccc2c(c1)/C(=C/c1ccc(Cl)cc1)C(=O)N2C. The highest BCUT2D eigenvalue weighted by Crippen LogP contribution is 2.37. The third kappa shape index (κ3) is 3.07. The molecule has 114 valence electrons. The van der Waals surface area contributed by atoms with Crippen molar-refractivity contribution in [1.29, 1.82) is 0 Å². The highest BCUT2D eigenvalue weighted by molar-refractivity contribution is 6.35. The molecule has 0 saturated carbocycles. The normalized spacial score (nSPS) is 14.7. The van der Waals surface area contributed by atoms with E-state index in [-0.39, 0.29) is 5.91 Å². The highest BCUT2D eigenvalue weighted by atomic mass is 35.5. The Morgan fingerprint density at radius 1 is 1.05 bits per heavy atom. The van der Waals surface area contributed by atoms with Crippen molar-refractivity contribution in [3.8, 4) is 0 Å². The van der Waals surface area contributed by atoms with Crippen molar-refractivity contribution >= 4 is 34.8 Å². The summed E-state index contributed by atoms with van der Waals surface area (Å²) in [6.07, 6.45) is 1.92. The van der Waals surface area contributed by atoms with Gasteiger partial charge in [-0.05, 0) is 42.8 Å². The second-order valence-corrected chi connectivity index (χ2v) is 5.43. The van der Waals surface area contributed by atoms with E-state index in [4.69, 9.17) is 11.6 Å². The molecule has 2 aromatic carbocycles. The number of fused-ring (bicyclic) bond motifs is 1. The largest absolute Gasteiger partial charge is 0.311 e. The van der Waals surface area contributed by atoms with Gasteiger partial charge in [0.15, 0.2) is 0 Å². The Balaban J connectivity index is 0.000000847. The molecule has 2 nitrogen and oxygen atoms in total. The fourth-order valence-electron chi connectivity index (χ4n) is 2.43. The number of halogens is 1. The van der Waals surface area contributed by atoms with Crippen LogP contribution in [-0.2, 0) is 4.79 Å². The maximum Gasteiger partial charge on any atom is 0.258 e. The fraction of sp³-hybridized carbons (Fsp3) is 0.211. The van der Waals surface area contributed by atoms with Gasteiger partial charge < -0.3 is 4.90 Å². The molecule has 0 bridgehead atoms. The van der Waals surface area contributed by atoms with Crippen molar-refractivity contribution < 1.29 is 4.79 Å². The molecule has 0 aliphatic carbocycles. The lowest BCUT2D eigenvalue weighted by Crippen LogP contribution is -2.20. The van der Waals surface area contributed by atoms with Crippen LogP contribution in [0.5, 0.6) is 0 Å². The van der Waals surface area contributed by atoms with Gasteiger partial charge in [0.05, 0.1) is 5.69 Å². The van der Waals surface area contributed by atoms with Crippen LogP contribution in [0.25, 0.3) is 11.6 Å². The Morgan fingerprint density at radius 3 is 2.32 bits per heavy atom. The van der Waals surface area contributed by atoms with Crippen molar-refractivity contribution in [2.24, 2.45) is 0 Å². The molecule has 0 spiro atoms. The first-order chi connectivity index (χ1) is 10.6. The van der Waals surface area contributed by atoms with E-state index in [0.29, 0.717) is 5.02 Å². The van der Waals surface area contributed by atoms with E-state index in [1.54, 1.807) is 11.9 Å². The van der Waals surface area contributed by atoms with Gasteiger partial charge in [-0.3, -0.25) is 4.79 Å². The monoisotopic (exact) mass is 313 g/mol. The maximum atomic E-state index is 12.4. The van der Waals surface area contributed by atoms with Crippen molar-refractivity contribution in [2.45, 2.75) is 20.8 Å². The lowest BCUT2D eigenvalue weighted by molar-refractivity contribution is -0.112. The molecule has 3 heteroatoms. The van der Waals surface area contributed by atoms with Crippen LogP contribution in [-0.4, -0.2) is 13.0 Å². The van der Waals surface area contributed by atoms with Gasteiger partial charge in [-0.2, -0.15) is 0 Å². The number of benzene rings is 2. The van der Waals surface area contributed by atoms with Crippen LogP contribution in [0.4, 0.5) is 5.69 Å². The zero-order valence-electron chi connectivity index (χ0n) is 13.4. The predicted molar refractivity (Wildman–Crippen MR) is 95.3 cm³/mol. The molecule has 0 N–H and O–H groups in total. The molecule has 0 radical (unpaired) electrons. The summed E-state index contributed by atoms with van der Waals surface area (Å²) < 4.78 is 0. The van der Waals surface area contributed by atoms with Gasteiger partial charge in [0.25, 0.3) is 5.91 Å². The Kier molecular flexibility index (Phi) is 5.04. The number of aryl methyl sites for hydroxylation is 1. The topological polar surface area (TPSA) is 20.3 Å². The zero-order valence-corrected chi connectivity index (χ0v) is 14.1. The maximum absolute atomic E-state index is 12.4. The lowest BCUT2D eigenvalue weighted by Gasteiger charge is -2.08. The Labute approximate surface area is 137 Å². The molecular formula is C19H20ClNO. The molecule has 0 saturated heterocycles. The summed E-state index contributed by atoms with van der Waals surface area (Å²) in [5, 5.41) is 0.693. The summed E-state index contributed by atoms with van der Waals surface area (Å²) >= 11 is 5.89. The standard InChI is InChI=1S/C17H14ClNO.C2H6/c1-11-3-8-16-14(9-11)15(17(20)19(16)2)10-12-4-6-13(18)7-5-12;1-2/h3-10H,1-2H3;1-2H3/b15-10-;. The van der Waals surface area contributed by atoms with Crippen molar-refractivity contribution in [3.05, 3.63) is 64.2 Å². The van der Waals surface area contributed by atoms with Crippen LogP contribution in [0.1, 0.15) is 30.5 Å². The van der Waals surface area contributed by atoms with E-state index in [9.17, 15) is 4.79 Å². The number of amides is 1. The van der Waals surface area contributed by atoms with E-state index in [2.05, 4.69) is 6.07 Å². The first-order valence-electron chi connectivity index (χ1n) is 7.42. The van der Waals surface area contributed by atoms with Crippen molar-refractivity contribution in [1.82, 2.24) is 0 Å². The minimum atomic E-state index is 0.0283. The molecule has 1 aliphatic rings. The summed E-state index contributed by atoms with van der Waals surface area (Å²) in [4.78, 5) is 14.1. The second kappa shape index (κ2) is 6.80. The highest BCUT2D eigenvalue weighted by Gasteiger charge is 2.29. The molecule has 0 atom stereocenters. The number of rotatable bonds is 1. The minimum absolute atomic E-state index is 0.0283. The van der Waals surface area contributed by atoms with Crippen molar-refractivity contribution in [3.63, 3.8) is 0 Å². The van der Waals surface area contributed by atoms with E-state index >= 15 is 0 Å². The van der Waals surface area contributed by atoms with Crippen LogP contribution in [0.15, 0.2) is 42.5 Å². The Morgan fingerprint density at radius 2 is 1.68 bits per heavy atom. The summed E-state index contributed by atoms with van der Waals surface area (Å²) in [6, 6.07) is 13.5. The smallest absolute Gasteiger partial charge is 0.258 e. The van der Waals surface area contributed by atoms with Crippen LogP contribution in [0, 0.1) is 6.92 Å². The number of carbonyl (C=O) groups excluding carboxylic acids is 1. The summed E-state index contributed by atoms with van der Waals surface area (Å²) in [6.45, 7) is 6.03. The van der Waals surface area contributed by atoms with Gasteiger partial charge in [-0.15, -0.1) is 0 Å². The molecule has 0 fully saturated rings.